The average Bonchev–Trinajstić information content (AvgIpc) is 2.19. The topological polar surface area (TPSA) is 12.0 Å². The van der Waals surface area contributed by atoms with Crippen LogP contribution in [0.25, 0.3) is 0 Å². The van der Waals surface area contributed by atoms with Crippen LogP contribution < -0.4 is 5.32 Å². The van der Waals surface area contributed by atoms with E-state index in [4.69, 9.17) is 0 Å². The number of halogens is 1. The first-order valence-corrected chi connectivity index (χ1v) is 5.24. The second kappa shape index (κ2) is 3.70. The van der Waals surface area contributed by atoms with Crippen LogP contribution in [-0.2, 0) is 6.42 Å². The van der Waals surface area contributed by atoms with E-state index in [0.717, 1.165) is 24.9 Å². The first-order chi connectivity index (χ1) is 6.72. The molecule has 1 aliphatic heterocycles. The SMILES string of the molecule is CCC1NCCc2cc(F)c(C)cc21. The van der Waals surface area contributed by atoms with Crippen LogP contribution >= 0.6 is 0 Å². The third-order valence-corrected chi connectivity index (χ3v) is 2.99. The van der Waals surface area contributed by atoms with Crippen LogP contribution in [0.4, 0.5) is 4.39 Å². The van der Waals surface area contributed by atoms with Crippen molar-refractivity contribution in [1.29, 1.82) is 0 Å². The molecule has 1 aliphatic rings. The monoisotopic (exact) mass is 193 g/mol. The molecule has 1 aromatic rings. The molecule has 0 aromatic heterocycles. The number of aryl methyl sites for hydroxylation is 1. The second-order valence-electron chi connectivity index (χ2n) is 3.97. The Morgan fingerprint density at radius 3 is 3.00 bits per heavy atom. The summed E-state index contributed by atoms with van der Waals surface area (Å²) >= 11 is 0. The molecule has 2 rings (SSSR count). The van der Waals surface area contributed by atoms with Gasteiger partial charge in [0, 0.05) is 6.04 Å². The molecule has 2 heteroatoms. The minimum absolute atomic E-state index is 0.0690. The normalized spacial score (nSPS) is 20.6. The highest BCUT2D eigenvalue weighted by molar-refractivity contribution is 5.36. The smallest absolute Gasteiger partial charge is 0.126 e. The fourth-order valence-corrected chi connectivity index (χ4v) is 2.14. The average molecular weight is 193 g/mol. The number of rotatable bonds is 1. The van der Waals surface area contributed by atoms with Gasteiger partial charge in [0.25, 0.3) is 0 Å². The first kappa shape index (κ1) is 9.66. The molecule has 14 heavy (non-hydrogen) atoms. The van der Waals surface area contributed by atoms with Crippen molar-refractivity contribution in [2.45, 2.75) is 32.7 Å². The van der Waals surface area contributed by atoms with Gasteiger partial charge in [-0.05, 0) is 49.1 Å². The largest absolute Gasteiger partial charge is 0.310 e. The summed E-state index contributed by atoms with van der Waals surface area (Å²) in [4.78, 5) is 0. The molecule has 0 amide bonds. The van der Waals surface area contributed by atoms with Crippen molar-refractivity contribution in [2.75, 3.05) is 6.54 Å². The molecular weight excluding hydrogens is 177 g/mol. The van der Waals surface area contributed by atoms with Crippen molar-refractivity contribution in [2.24, 2.45) is 0 Å². The molecule has 0 aliphatic carbocycles. The van der Waals surface area contributed by atoms with Crippen molar-refractivity contribution in [3.8, 4) is 0 Å². The summed E-state index contributed by atoms with van der Waals surface area (Å²) in [5.41, 5.74) is 3.22. The summed E-state index contributed by atoms with van der Waals surface area (Å²) in [5, 5.41) is 3.45. The standard InChI is InChI=1S/C12H16FN/c1-3-12-10-6-8(2)11(13)7-9(10)4-5-14-12/h6-7,12,14H,3-5H2,1-2H3. The highest BCUT2D eigenvalue weighted by Crippen LogP contribution is 2.27. The third kappa shape index (κ3) is 1.55. The van der Waals surface area contributed by atoms with E-state index in [-0.39, 0.29) is 5.82 Å². The van der Waals surface area contributed by atoms with Gasteiger partial charge in [-0.1, -0.05) is 13.0 Å². The highest BCUT2D eigenvalue weighted by Gasteiger charge is 2.19. The van der Waals surface area contributed by atoms with Gasteiger partial charge in [0.2, 0.25) is 0 Å². The predicted molar refractivity (Wildman–Crippen MR) is 55.9 cm³/mol. The van der Waals surface area contributed by atoms with E-state index < -0.39 is 0 Å². The van der Waals surface area contributed by atoms with Gasteiger partial charge in [-0.15, -0.1) is 0 Å². The number of benzene rings is 1. The third-order valence-electron chi connectivity index (χ3n) is 2.99. The lowest BCUT2D eigenvalue weighted by Gasteiger charge is -2.26. The second-order valence-corrected chi connectivity index (χ2v) is 3.97. The van der Waals surface area contributed by atoms with E-state index >= 15 is 0 Å². The number of nitrogens with one attached hydrogen (secondary N) is 1. The van der Waals surface area contributed by atoms with Crippen LogP contribution in [0.2, 0.25) is 0 Å². The van der Waals surface area contributed by atoms with Crippen molar-refractivity contribution in [1.82, 2.24) is 5.32 Å². The summed E-state index contributed by atoms with van der Waals surface area (Å²) in [6.45, 7) is 4.95. The zero-order valence-corrected chi connectivity index (χ0v) is 8.73. The van der Waals surface area contributed by atoms with Crippen LogP contribution in [-0.4, -0.2) is 6.54 Å². The zero-order valence-electron chi connectivity index (χ0n) is 8.73. The van der Waals surface area contributed by atoms with Gasteiger partial charge in [-0.25, -0.2) is 4.39 Å². The summed E-state index contributed by atoms with van der Waals surface area (Å²) in [7, 11) is 0. The fraction of sp³-hybridized carbons (Fsp3) is 0.500. The van der Waals surface area contributed by atoms with E-state index in [0.29, 0.717) is 6.04 Å². The molecule has 1 aromatic carbocycles. The number of fused-ring (bicyclic) bond motifs is 1. The van der Waals surface area contributed by atoms with Crippen LogP contribution in [0.3, 0.4) is 0 Å². The number of hydrogen-bond donors (Lipinski definition) is 1. The minimum atomic E-state index is -0.0690. The minimum Gasteiger partial charge on any atom is -0.310 e. The van der Waals surface area contributed by atoms with Gasteiger partial charge in [0.05, 0.1) is 0 Å². The van der Waals surface area contributed by atoms with Crippen LogP contribution in [0.5, 0.6) is 0 Å². The molecule has 0 saturated heterocycles. The molecule has 0 bridgehead atoms. The van der Waals surface area contributed by atoms with E-state index in [9.17, 15) is 4.39 Å². The van der Waals surface area contributed by atoms with Gasteiger partial charge in [-0.3, -0.25) is 0 Å². The lowest BCUT2D eigenvalue weighted by atomic mass is 9.91. The first-order valence-electron chi connectivity index (χ1n) is 5.24. The maximum atomic E-state index is 13.3. The Labute approximate surface area is 84.3 Å². The van der Waals surface area contributed by atoms with Crippen molar-refractivity contribution in [3.63, 3.8) is 0 Å². The maximum Gasteiger partial charge on any atom is 0.126 e. The number of hydrogen-bond acceptors (Lipinski definition) is 1. The lowest BCUT2D eigenvalue weighted by Crippen LogP contribution is -2.29. The Kier molecular flexibility index (Phi) is 2.55. The van der Waals surface area contributed by atoms with Gasteiger partial charge in [0.15, 0.2) is 0 Å². The van der Waals surface area contributed by atoms with E-state index in [2.05, 4.69) is 12.2 Å². The molecule has 1 atom stereocenters. The van der Waals surface area contributed by atoms with E-state index in [1.165, 1.54) is 11.1 Å². The molecular formula is C12H16FN. The molecule has 1 N–H and O–H groups in total. The highest BCUT2D eigenvalue weighted by atomic mass is 19.1. The Morgan fingerprint density at radius 1 is 1.50 bits per heavy atom. The molecule has 1 unspecified atom stereocenters. The molecule has 0 spiro atoms. The summed E-state index contributed by atoms with van der Waals surface area (Å²) in [6.07, 6.45) is 2.01. The van der Waals surface area contributed by atoms with Gasteiger partial charge >= 0.3 is 0 Å². The maximum absolute atomic E-state index is 13.3. The quantitative estimate of drug-likeness (QED) is 0.723. The molecule has 0 fully saturated rings. The Morgan fingerprint density at radius 2 is 2.29 bits per heavy atom. The van der Waals surface area contributed by atoms with Gasteiger partial charge < -0.3 is 5.32 Å². The predicted octanol–water partition coefficient (Wildman–Crippen LogP) is 2.73. The summed E-state index contributed by atoms with van der Waals surface area (Å²) in [5.74, 6) is -0.0690. The van der Waals surface area contributed by atoms with Crippen LogP contribution in [0.15, 0.2) is 12.1 Å². The van der Waals surface area contributed by atoms with Gasteiger partial charge in [-0.2, -0.15) is 0 Å². The van der Waals surface area contributed by atoms with Crippen molar-refractivity contribution >= 4 is 0 Å². The molecule has 76 valence electrons. The zero-order chi connectivity index (χ0) is 10.1. The van der Waals surface area contributed by atoms with Crippen LogP contribution in [0, 0.1) is 12.7 Å². The molecule has 1 nitrogen and oxygen atoms in total. The van der Waals surface area contributed by atoms with Gasteiger partial charge in [0.1, 0.15) is 5.82 Å². The molecule has 1 heterocycles. The lowest BCUT2D eigenvalue weighted by molar-refractivity contribution is 0.488. The van der Waals surface area contributed by atoms with E-state index in [1.54, 1.807) is 6.07 Å². The summed E-state index contributed by atoms with van der Waals surface area (Å²) < 4.78 is 13.3. The Hall–Kier alpha value is -0.890. The molecule has 0 saturated carbocycles. The molecule has 0 radical (unpaired) electrons. The Balaban J connectivity index is 2.47. The van der Waals surface area contributed by atoms with E-state index in [1.807, 2.05) is 13.0 Å². The van der Waals surface area contributed by atoms with Crippen molar-refractivity contribution in [3.05, 3.63) is 34.6 Å². The fourth-order valence-electron chi connectivity index (χ4n) is 2.14. The van der Waals surface area contributed by atoms with Crippen LogP contribution in [0.1, 0.15) is 36.1 Å². The Bertz CT molecular complexity index is 346. The summed E-state index contributed by atoms with van der Waals surface area (Å²) in [6, 6.07) is 4.11. The van der Waals surface area contributed by atoms with Crippen molar-refractivity contribution < 1.29 is 4.39 Å².